The molecule has 2 rings (SSSR count). The highest BCUT2D eigenvalue weighted by Crippen LogP contribution is 2.17. The largest absolute Gasteiger partial charge is 0.380 e. The Hall–Kier alpha value is -2.92. The van der Waals surface area contributed by atoms with Crippen LogP contribution in [-0.4, -0.2) is 48.9 Å². The highest BCUT2D eigenvalue weighted by atomic mass is 16.5. The highest BCUT2D eigenvalue weighted by molar-refractivity contribution is 5.97. The van der Waals surface area contributed by atoms with Gasteiger partial charge in [-0.2, -0.15) is 0 Å². The third-order valence-corrected chi connectivity index (χ3v) is 7.41. The number of aryl methyl sites for hydroxylation is 1. The van der Waals surface area contributed by atoms with E-state index in [1.54, 1.807) is 0 Å². The van der Waals surface area contributed by atoms with Gasteiger partial charge in [-0.1, -0.05) is 97.4 Å². The van der Waals surface area contributed by atoms with E-state index in [9.17, 15) is 9.59 Å². The maximum atomic E-state index is 12.7. The van der Waals surface area contributed by atoms with E-state index in [-0.39, 0.29) is 25.0 Å². The van der Waals surface area contributed by atoms with Crippen LogP contribution in [0.2, 0.25) is 0 Å². The molecule has 2 aromatic rings. The molecule has 0 aliphatic heterocycles. The minimum atomic E-state index is -0.0480. The first-order valence-electron chi connectivity index (χ1n) is 16.0. The van der Waals surface area contributed by atoms with E-state index in [1.807, 2.05) is 64.1 Å². The van der Waals surface area contributed by atoms with Gasteiger partial charge in [-0.25, -0.2) is 0 Å². The molecular formula is C38H62N2O3. The minimum Gasteiger partial charge on any atom is -0.380 e. The molecule has 5 heteroatoms. The number of rotatable bonds is 16. The van der Waals surface area contributed by atoms with Crippen LogP contribution in [-0.2, 0) is 4.74 Å². The third kappa shape index (κ3) is 14.4. The van der Waals surface area contributed by atoms with Crippen LogP contribution in [0.5, 0.6) is 0 Å². The van der Waals surface area contributed by atoms with Crippen molar-refractivity contribution in [1.29, 1.82) is 0 Å². The lowest BCUT2D eigenvalue weighted by Gasteiger charge is -2.30. The summed E-state index contributed by atoms with van der Waals surface area (Å²) in [5, 5.41) is 5.00. The second kappa shape index (κ2) is 21.7. The number of ketones is 1. The van der Waals surface area contributed by atoms with Crippen molar-refractivity contribution in [2.75, 3.05) is 26.3 Å². The standard InChI is InChI=1S/C26H44N2O2.C11H14O.CH4/c1-8-11-23(12-9-2)18-28(20(4)5)19-25-21(6)13-14-24(22(25)7)26(29)27-15-17-30-16-10-3;1-8(2)11(12)10-6-4-9(3)5-7-10;/h13-14,19-20,23H,6,8-12,15-18H2,1-5,7H3,(H,27,29);4-8H,1-3H3;1H4/b25-19+;;. The monoisotopic (exact) mass is 594 g/mol. The summed E-state index contributed by atoms with van der Waals surface area (Å²) in [5.74, 6) is 0.956. The molecule has 0 unspecified atom stereocenters. The van der Waals surface area contributed by atoms with E-state index >= 15 is 0 Å². The first kappa shape index (κ1) is 40.1. The predicted molar refractivity (Wildman–Crippen MR) is 186 cm³/mol. The predicted octanol–water partition coefficient (Wildman–Crippen LogP) is 7.70. The fraction of sp³-hybridized carbons (Fsp3) is 0.579. The molecule has 242 valence electrons. The molecule has 0 aliphatic rings. The third-order valence-electron chi connectivity index (χ3n) is 7.41. The maximum absolute atomic E-state index is 12.7. The summed E-state index contributed by atoms with van der Waals surface area (Å²) < 4.78 is 5.46. The summed E-state index contributed by atoms with van der Waals surface area (Å²) in [7, 11) is 0. The highest BCUT2D eigenvalue weighted by Gasteiger charge is 2.15. The second-order valence-electron chi connectivity index (χ2n) is 11.9. The van der Waals surface area contributed by atoms with Crippen molar-refractivity contribution in [3.05, 3.63) is 69.1 Å². The number of nitrogens with one attached hydrogen (secondary N) is 1. The molecule has 0 atom stereocenters. The molecule has 0 saturated carbocycles. The van der Waals surface area contributed by atoms with Gasteiger partial charge in [-0.15, -0.1) is 0 Å². The molecule has 0 bridgehead atoms. The zero-order valence-corrected chi connectivity index (χ0v) is 28.0. The van der Waals surface area contributed by atoms with Crippen LogP contribution in [0.15, 0.2) is 36.4 Å². The van der Waals surface area contributed by atoms with Crippen LogP contribution < -0.4 is 15.8 Å². The first-order valence-corrected chi connectivity index (χ1v) is 16.0. The van der Waals surface area contributed by atoms with Crippen molar-refractivity contribution in [2.24, 2.45) is 11.8 Å². The number of hydrogen-bond donors (Lipinski definition) is 1. The number of ether oxygens (including phenoxy) is 1. The number of Topliss-reactive ketones (excluding diaryl/α,β-unsaturated/α-hetero) is 1. The van der Waals surface area contributed by atoms with Gasteiger partial charge in [0.15, 0.2) is 5.78 Å². The Bertz CT molecular complexity index is 1180. The molecule has 0 spiro atoms. The SMILES string of the molecule is C.C=c1ccc(C(=O)NCCOCCC)c(C)/c1=C/N(CC(CCC)CCC)C(C)C.Cc1ccc(C(=O)C(C)C)cc1. The number of nitrogens with zero attached hydrogens (tertiary/aromatic N) is 1. The quantitative estimate of drug-likeness (QED) is 0.160. The van der Waals surface area contributed by atoms with Gasteiger partial charge >= 0.3 is 0 Å². The molecule has 0 fully saturated rings. The molecule has 0 radical (unpaired) electrons. The lowest BCUT2D eigenvalue weighted by atomic mass is 9.97. The van der Waals surface area contributed by atoms with Gasteiger partial charge in [-0.3, -0.25) is 9.59 Å². The summed E-state index contributed by atoms with van der Waals surface area (Å²) in [5.41, 5.74) is 3.71. The molecule has 0 aliphatic carbocycles. The average Bonchev–Trinajstić information content (AvgIpc) is 2.94. The molecule has 1 N–H and O–H groups in total. The van der Waals surface area contributed by atoms with Gasteiger partial charge in [0.1, 0.15) is 0 Å². The number of amides is 1. The van der Waals surface area contributed by atoms with Crippen LogP contribution in [0.4, 0.5) is 0 Å². The fourth-order valence-electron chi connectivity index (χ4n) is 4.86. The topological polar surface area (TPSA) is 58.6 Å². The van der Waals surface area contributed by atoms with E-state index < -0.39 is 0 Å². The van der Waals surface area contributed by atoms with Crippen molar-refractivity contribution >= 4 is 24.5 Å². The van der Waals surface area contributed by atoms with Gasteiger partial charge in [0.2, 0.25) is 0 Å². The molecule has 0 saturated heterocycles. The summed E-state index contributed by atoms with van der Waals surface area (Å²) in [6.07, 6.45) is 8.15. The molecule has 0 heterocycles. The van der Waals surface area contributed by atoms with E-state index in [2.05, 4.69) is 57.6 Å². The Morgan fingerprint density at radius 3 is 2.02 bits per heavy atom. The molecule has 1 amide bonds. The van der Waals surface area contributed by atoms with Gasteiger partial charge in [0.25, 0.3) is 5.91 Å². The summed E-state index contributed by atoms with van der Waals surface area (Å²) in [6, 6.07) is 11.9. The van der Waals surface area contributed by atoms with Crippen molar-refractivity contribution in [1.82, 2.24) is 10.2 Å². The lowest BCUT2D eigenvalue weighted by molar-refractivity contribution is 0.0913. The number of carbonyl (C=O) groups is 2. The van der Waals surface area contributed by atoms with E-state index in [0.29, 0.717) is 30.7 Å². The molecule has 5 nitrogen and oxygen atoms in total. The van der Waals surface area contributed by atoms with Crippen molar-refractivity contribution in [3.8, 4) is 0 Å². The lowest BCUT2D eigenvalue weighted by Crippen LogP contribution is -2.38. The average molecular weight is 595 g/mol. The number of carbonyl (C=O) groups excluding carboxylic acids is 2. The maximum Gasteiger partial charge on any atom is 0.251 e. The smallest absolute Gasteiger partial charge is 0.251 e. The second-order valence-corrected chi connectivity index (χ2v) is 11.9. The molecule has 2 aromatic carbocycles. The van der Waals surface area contributed by atoms with E-state index in [1.165, 1.54) is 31.2 Å². The zero-order valence-electron chi connectivity index (χ0n) is 28.0. The summed E-state index contributed by atoms with van der Waals surface area (Å²) in [6.45, 7) is 26.0. The Labute approximate surface area is 263 Å². The zero-order chi connectivity index (χ0) is 31.7. The van der Waals surface area contributed by atoms with E-state index in [0.717, 1.165) is 41.1 Å². The van der Waals surface area contributed by atoms with Crippen LogP contribution in [0, 0.1) is 25.7 Å². The van der Waals surface area contributed by atoms with Gasteiger partial charge in [0, 0.05) is 54.2 Å². The molecule has 0 aromatic heterocycles. The van der Waals surface area contributed by atoms with Gasteiger partial charge < -0.3 is 15.0 Å². The Balaban J connectivity index is 0.00000113. The van der Waals surface area contributed by atoms with Gasteiger partial charge in [0.05, 0.1) is 6.61 Å². The van der Waals surface area contributed by atoms with Crippen LogP contribution in [0.25, 0.3) is 12.8 Å². The van der Waals surface area contributed by atoms with Crippen molar-refractivity contribution < 1.29 is 14.3 Å². The Kier molecular flexibility index (Phi) is 20.2. The fourth-order valence-corrected chi connectivity index (χ4v) is 4.86. The summed E-state index contributed by atoms with van der Waals surface area (Å²) in [4.78, 5) is 26.6. The van der Waals surface area contributed by atoms with Crippen molar-refractivity contribution in [3.63, 3.8) is 0 Å². The van der Waals surface area contributed by atoms with Crippen LogP contribution in [0.3, 0.4) is 0 Å². The Morgan fingerprint density at radius 1 is 0.907 bits per heavy atom. The molecular weight excluding hydrogens is 532 g/mol. The first-order chi connectivity index (χ1) is 20.0. The summed E-state index contributed by atoms with van der Waals surface area (Å²) >= 11 is 0. The van der Waals surface area contributed by atoms with Crippen LogP contribution >= 0.6 is 0 Å². The van der Waals surface area contributed by atoms with Crippen molar-refractivity contribution in [2.45, 2.75) is 108 Å². The Morgan fingerprint density at radius 2 is 1.51 bits per heavy atom. The van der Waals surface area contributed by atoms with Gasteiger partial charge in [-0.05, 0) is 69.7 Å². The van der Waals surface area contributed by atoms with Crippen LogP contribution in [0.1, 0.15) is 120 Å². The number of hydrogen-bond acceptors (Lipinski definition) is 4. The van der Waals surface area contributed by atoms with E-state index in [4.69, 9.17) is 4.74 Å². The number of benzene rings is 2. The normalized spacial score (nSPS) is 11.3. The minimum absolute atomic E-state index is 0. The molecule has 43 heavy (non-hydrogen) atoms.